The number of anilines is 1. The number of nitrogens with zero attached hydrogens (tertiary/aromatic N) is 3. The highest BCUT2D eigenvalue weighted by molar-refractivity contribution is 7.18. The summed E-state index contributed by atoms with van der Waals surface area (Å²) in [7, 11) is 0. The molecule has 0 bridgehead atoms. The molecule has 1 aromatic carbocycles. The number of hydrogen-bond acceptors (Lipinski definition) is 6. The van der Waals surface area contributed by atoms with E-state index in [9.17, 15) is 22.7 Å². The zero-order chi connectivity index (χ0) is 25.4. The van der Waals surface area contributed by atoms with E-state index in [0.717, 1.165) is 27.7 Å². The molecule has 3 aromatic heterocycles. The molecule has 1 saturated heterocycles. The summed E-state index contributed by atoms with van der Waals surface area (Å²) in [6.45, 7) is -2.80. The van der Waals surface area contributed by atoms with Gasteiger partial charge in [-0.2, -0.15) is 8.78 Å². The summed E-state index contributed by atoms with van der Waals surface area (Å²) < 4.78 is 59.2. The van der Waals surface area contributed by atoms with Crippen LogP contribution < -0.4 is 9.64 Å². The molecule has 1 aliphatic rings. The monoisotopic (exact) mass is 540 g/mol. The number of H-pyrrole nitrogens is 1. The van der Waals surface area contributed by atoms with Crippen molar-refractivity contribution in [1.29, 1.82) is 0 Å². The van der Waals surface area contributed by atoms with Crippen LogP contribution in [-0.2, 0) is 0 Å². The van der Waals surface area contributed by atoms with E-state index in [2.05, 4.69) is 24.6 Å². The number of alkyl halides is 3. The third kappa shape index (κ3) is 4.74. The molecular weight excluding hydrogens is 520 g/mol. The second kappa shape index (κ2) is 10.2. The molecule has 12 heteroatoms. The summed E-state index contributed by atoms with van der Waals surface area (Å²) in [6.07, 6.45) is 5.96. The molecule has 190 valence electrons. The Morgan fingerprint density at radius 3 is 2.72 bits per heavy atom. The Morgan fingerprint density at radius 2 is 2.00 bits per heavy atom. The first-order chi connectivity index (χ1) is 17.4. The molecule has 2 N–H and O–H groups in total. The van der Waals surface area contributed by atoms with Crippen molar-refractivity contribution in [3.8, 4) is 16.2 Å². The highest BCUT2D eigenvalue weighted by Crippen LogP contribution is 2.42. The fourth-order valence-electron chi connectivity index (χ4n) is 4.44. The maximum Gasteiger partial charge on any atom is 0.387 e. The van der Waals surface area contributed by atoms with Crippen LogP contribution in [0.1, 0.15) is 29.9 Å². The first kappa shape index (κ1) is 24.8. The van der Waals surface area contributed by atoms with Gasteiger partial charge in [0.05, 0.1) is 16.0 Å². The van der Waals surface area contributed by atoms with Crippen LogP contribution in [0.15, 0.2) is 36.8 Å². The molecule has 1 aliphatic heterocycles. The molecule has 4 heterocycles. The number of rotatable bonds is 7. The van der Waals surface area contributed by atoms with E-state index >= 15 is 0 Å². The van der Waals surface area contributed by atoms with Gasteiger partial charge >= 0.3 is 6.61 Å². The lowest BCUT2D eigenvalue weighted by Crippen LogP contribution is -2.35. The van der Waals surface area contributed by atoms with Gasteiger partial charge in [0.2, 0.25) is 0 Å². The van der Waals surface area contributed by atoms with Gasteiger partial charge in [0.1, 0.15) is 23.9 Å². The SMILES string of the molecule is OC1CCN(c2ncc(-c3cnc4[nH]cc([C@@H](CF)c5c(OC(F)F)ccc(F)c5Cl)c4c3)s2)CC1. The van der Waals surface area contributed by atoms with Gasteiger partial charge in [-0.3, -0.25) is 4.39 Å². The van der Waals surface area contributed by atoms with Gasteiger partial charge in [0, 0.05) is 54.1 Å². The van der Waals surface area contributed by atoms with Crippen molar-refractivity contribution in [3.05, 3.63) is 58.8 Å². The molecule has 0 unspecified atom stereocenters. The minimum absolute atomic E-state index is 0.196. The Hall–Kier alpha value is -2.89. The lowest BCUT2D eigenvalue weighted by Gasteiger charge is -2.29. The summed E-state index contributed by atoms with van der Waals surface area (Å²) in [6, 6.07) is 3.72. The number of benzene rings is 1. The van der Waals surface area contributed by atoms with E-state index in [1.165, 1.54) is 17.5 Å². The summed E-state index contributed by atoms with van der Waals surface area (Å²) >= 11 is 7.59. The van der Waals surface area contributed by atoms with Crippen molar-refractivity contribution in [2.75, 3.05) is 24.7 Å². The van der Waals surface area contributed by atoms with Crippen LogP contribution in [0.25, 0.3) is 21.5 Å². The molecule has 0 saturated carbocycles. The van der Waals surface area contributed by atoms with Crippen LogP contribution in [0.2, 0.25) is 5.02 Å². The minimum atomic E-state index is -3.19. The maximum absolute atomic E-state index is 14.4. The molecule has 5 rings (SSSR count). The third-order valence-corrected chi connectivity index (χ3v) is 7.75. The average Bonchev–Trinajstić information content (AvgIpc) is 3.51. The van der Waals surface area contributed by atoms with Crippen molar-refractivity contribution in [2.24, 2.45) is 0 Å². The van der Waals surface area contributed by atoms with Crippen LogP contribution in [-0.4, -0.2) is 52.5 Å². The number of aliphatic hydroxyl groups excluding tert-OH is 1. The molecule has 0 radical (unpaired) electrons. The van der Waals surface area contributed by atoms with Crippen molar-refractivity contribution >= 4 is 39.1 Å². The van der Waals surface area contributed by atoms with Gasteiger partial charge in [-0.05, 0) is 36.6 Å². The fourth-order valence-corrected chi connectivity index (χ4v) is 5.67. The van der Waals surface area contributed by atoms with Crippen LogP contribution in [0, 0.1) is 5.82 Å². The van der Waals surface area contributed by atoms with E-state index in [0.29, 0.717) is 42.5 Å². The molecule has 0 spiro atoms. The van der Waals surface area contributed by atoms with Crippen molar-refractivity contribution < 1.29 is 27.4 Å². The van der Waals surface area contributed by atoms with E-state index in [4.69, 9.17) is 11.6 Å². The number of ether oxygens (including phenoxy) is 1. The molecule has 6 nitrogen and oxygen atoms in total. The largest absolute Gasteiger partial charge is 0.434 e. The number of aliphatic hydroxyl groups is 1. The Kier molecular flexibility index (Phi) is 7.05. The molecular formula is C24H21ClF4N4O2S. The second-order valence-electron chi connectivity index (χ2n) is 8.45. The zero-order valence-electron chi connectivity index (χ0n) is 18.7. The summed E-state index contributed by atoms with van der Waals surface area (Å²) in [5.74, 6) is -2.44. The van der Waals surface area contributed by atoms with Crippen LogP contribution in [0.4, 0.5) is 22.7 Å². The number of fused-ring (bicyclic) bond motifs is 1. The highest BCUT2D eigenvalue weighted by atomic mass is 35.5. The van der Waals surface area contributed by atoms with E-state index in [1.54, 1.807) is 18.5 Å². The van der Waals surface area contributed by atoms with E-state index in [1.807, 2.05) is 0 Å². The molecule has 1 fully saturated rings. The first-order valence-corrected chi connectivity index (χ1v) is 12.4. The van der Waals surface area contributed by atoms with E-state index in [-0.39, 0.29) is 11.7 Å². The van der Waals surface area contributed by atoms with Crippen LogP contribution >= 0.6 is 22.9 Å². The maximum atomic E-state index is 14.4. The van der Waals surface area contributed by atoms with Gasteiger partial charge in [-0.25, -0.2) is 14.4 Å². The third-order valence-electron chi connectivity index (χ3n) is 6.26. The number of nitrogens with one attached hydrogen (secondary N) is 1. The minimum Gasteiger partial charge on any atom is -0.434 e. The normalized spacial score (nSPS) is 15.7. The van der Waals surface area contributed by atoms with Gasteiger partial charge in [0.15, 0.2) is 5.13 Å². The van der Waals surface area contributed by atoms with Crippen molar-refractivity contribution in [3.63, 3.8) is 0 Å². The smallest absolute Gasteiger partial charge is 0.387 e. The zero-order valence-corrected chi connectivity index (χ0v) is 20.3. The Morgan fingerprint density at radius 1 is 1.22 bits per heavy atom. The lowest BCUT2D eigenvalue weighted by atomic mass is 9.91. The second-order valence-corrected chi connectivity index (χ2v) is 9.84. The first-order valence-electron chi connectivity index (χ1n) is 11.2. The highest BCUT2D eigenvalue weighted by Gasteiger charge is 2.28. The number of aromatic nitrogens is 3. The number of piperidine rings is 1. The summed E-state index contributed by atoms with van der Waals surface area (Å²) in [5.41, 5.74) is 1.36. The number of halogens is 5. The Labute approximate surface area is 212 Å². The molecule has 4 aromatic rings. The summed E-state index contributed by atoms with van der Waals surface area (Å²) in [4.78, 5) is 14.8. The molecule has 0 amide bonds. The standard InChI is InChI=1S/C24H21ClF4N4O2S/c25-21-17(27)1-2-18(35-23(28)29)20(21)15(8-26)16-10-31-22-14(16)7-12(9-30-22)19-11-32-24(36-19)33-5-3-13(34)4-6-33/h1-2,7,9-11,13,15,23,34H,3-6,8H2,(H,30,31)/t15-/m1/s1. The van der Waals surface area contributed by atoms with Gasteiger partial charge in [-0.1, -0.05) is 22.9 Å². The van der Waals surface area contributed by atoms with Crippen molar-refractivity contribution in [1.82, 2.24) is 15.0 Å². The fraction of sp³-hybridized carbons (Fsp3) is 0.333. The number of thiazole rings is 1. The van der Waals surface area contributed by atoms with Crippen molar-refractivity contribution in [2.45, 2.75) is 31.5 Å². The molecule has 1 atom stereocenters. The predicted octanol–water partition coefficient (Wildman–Crippen LogP) is 6.14. The molecule has 36 heavy (non-hydrogen) atoms. The number of hydrogen-bond donors (Lipinski definition) is 2. The molecule has 0 aliphatic carbocycles. The lowest BCUT2D eigenvalue weighted by molar-refractivity contribution is -0.0506. The number of aromatic amines is 1. The predicted molar refractivity (Wildman–Crippen MR) is 131 cm³/mol. The van der Waals surface area contributed by atoms with Crippen LogP contribution in [0.5, 0.6) is 5.75 Å². The summed E-state index contributed by atoms with van der Waals surface area (Å²) in [5, 5.41) is 10.6. The quantitative estimate of drug-likeness (QED) is 0.275. The Bertz CT molecular complexity index is 1370. The van der Waals surface area contributed by atoms with Gasteiger partial charge in [0.25, 0.3) is 0 Å². The van der Waals surface area contributed by atoms with Gasteiger partial charge < -0.3 is 19.7 Å². The van der Waals surface area contributed by atoms with E-state index < -0.39 is 35.8 Å². The average molecular weight is 541 g/mol. The van der Waals surface area contributed by atoms with Gasteiger partial charge in [-0.15, -0.1) is 0 Å². The number of pyridine rings is 1. The van der Waals surface area contributed by atoms with Crippen LogP contribution in [0.3, 0.4) is 0 Å². The topological polar surface area (TPSA) is 74.3 Å². The Balaban J connectivity index is 1.53.